The zero-order chi connectivity index (χ0) is 38.4. The monoisotopic (exact) mass is 770 g/mol. The Kier molecular flexibility index (Phi) is 11.8. The topological polar surface area (TPSA) is 98.8 Å². The van der Waals surface area contributed by atoms with Crippen LogP contribution < -0.4 is 20.7 Å². The quantitative estimate of drug-likeness (QED) is 0.154. The van der Waals surface area contributed by atoms with E-state index in [0.29, 0.717) is 22.3 Å². The number of rotatable bonds is 10. The Balaban J connectivity index is 0.827. The molecule has 7 rings (SSSR count). The Bertz CT molecular complexity index is 2030. The van der Waals surface area contributed by atoms with E-state index in [1.54, 1.807) is 30.6 Å². The fraction of sp³-hybridized carbons (Fsp3) is 0.310. The summed E-state index contributed by atoms with van der Waals surface area (Å²) in [6, 6.07) is 22.1. The number of halogens is 4. The van der Waals surface area contributed by atoms with Gasteiger partial charge < -0.3 is 20.7 Å². The van der Waals surface area contributed by atoms with Crippen LogP contribution in [-0.2, 0) is 0 Å². The summed E-state index contributed by atoms with van der Waals surface area (Å²) in [5.74, 6) is -0.670. The second-order valence-electron chi connectivity index (χ2n) is 14.1. The smallest absolute Gasteiger partial charge is 0.406 e. The molecule has 1 atom stereocenters. The van der Waals surface area contributed by atoms with E-state index in [-0.39, 0.29) is 40.8 Å². The number of dihydropyridines is 1. The lowest BCUT2D eigenvalue weighted by Crippen LogP contribution is -2.51. The predicted molar refractivity (Wildman–Crippen MR) is 206 cm³/mol. The van der Waals surface area contributed by atoms with Gasteiger partial charge in [-0.3, -0.25) is 24.4 Å². The van der Waals surface area contributed by atoms with E-state index >= 15 is 0 Å². The molecule has 4 heterocycles. The molecule has 1 aromatic heterocycles. The molecule has 2 fully saturated rings. The zero-order valence-electron chi connectivity index (χ0n) is 30.1. The first kappa shape index (κ1) is 38.1. The highest BCUT2D eigenvalue weighted by molar-refractivity contribution is 6.36. The number of amides is 2. The number of pyridine rings is 1. The van der Waals surface area contributed by atoms with Gasteiger partial charge in [0.15, 0.2) is 0 Å². The van der Waals surface area contributed by atoms with Crippen molar-refractivity contribution in [3.63, 3.8) is 0 Å². The summed E-state index contributed by atoms with van der Waals surface area (Å²) in [7, 11) is 0. The normalized spacial score (nSPS) is 18.6. The number of piperidine rings is 2. The molecule has 3 aliphatic rings. The van der Waals surface area contributed by atoms with Gasteiger partial charge in [-0.15, -0.1) is 13.2 Å². The molecule has 0 bridgehead atoms. The maximum absolute atomic E-state index is 13.3. The summed E-state index contributed by atoms with van der Waals surface area (Å²) in [5, 5.41) is 10.1. The number of nitrogens with zero attached hydrogens (tertiary/aromatic N) is 3. The second kappa shape index (κ2) is 17.1. The Morgan fingerprint density at radius 1 is 0.836 bits per heavy atom. The lowest BCUT2D eigenvalue weighted by Gasteiger charge is -2.38. The number of nitrogens with one attached hydrogen (secondary N) is 3. The molecule has 1 unspecified atom stereocenters. The molecule has 286 valence electrons. The molecule has 55 heavy (non-hydrogen) atoms. The average molecular weight is 771 g/mol. The summed E-state index contributed by atoms with van der Waals surface area (Å²) < 4.78 is 41.6. The van der Waals surface area contributed by atoms with Crippen molar-refractivity contribution < 1.29 is 27.5 Å². The van der Waals surface area contributed by atoms with E-state index in [1.807, 2.05) is 36.4 Å². The van der Waals surface area contributed by atoms with Crippen LogP contribution in [0.4, 0.5) is 13.2 Å². The van der Waals surface area contributed by atoms with Crippen LogP contribution in [0.3, 0.4) is 0 Å². The Morgan fingerprint density at radius 3 is 2.20 bits per heavy atom. The van der Waals surface area contributed by atoms with Gasteiger partial charge >= 0.3 is 6.36 Å². The van der Waals surface area contributed by atoms with Crippen molar-refractivity contribution in [3.05, 3.63) is 131 Å². The third-order valence-corrected chi connectivity index (χ3v) is 10.7. The van der Waals surface area contributed by atoms with Gasteiger partial charge in [-0.05, 0) is 84.9 Å². The highest BCUT2D eigenvalue weighted by Crippen LogP contribution is 2.33. The molecule has 0 radical (unpaired) electrons. The predicted octanol–water partition coefficient (Wildman–Crippen LogP) is 7.43. The van der Waals surface area contributed by atoms with Crippen molar-refractivity contribution in [2.75, 3.05) is 32.7 Å². The van der Waals surface area contributed by atoms with Crippen LogP contribution in [0.2, 0.25) is 5.02 Å². The van der Waals surface area contributed by atoms with Crippen LogP contribution in [0.25, 0.3) is 22.3 Å². The van der Waals surface area contributed by atoms with Gasteiger partial charge in [0.1, 0.15) is 5.75 Å². The Labute approximate surface area is 323 Å². The lowest BCUT2D eigenvalue weighted by atomic mass is 10.0. The number of hydrogen-bond acceptors (Lipinski definition) is 7. The molecule has 2 amide bonds. The fourth-order valence-electron chi connectivity index (χ4n) is 7.32. The molecule has 13 heteroatoms. The zero-order valence-corrected chi connectivity index (χ0v) is 30.8. The number of likely N-dealkylation sites (tertiary alicyclic amines) is 2. The Hall–Kier alpha value is -5.17. The van der Waals surface area contributed by atoms with Crippen LogP contribution in [-0.4, -0.2) is 83.9 Å². The summed E-state index contributed by atoms with van der Waals surface area (Å²) in [6.07, 6.45) is 8.66. The highest BCUT2D eigenvalue weighted by atomic mass is 35.5. The number of alkyl halides is 3. The average Bonchev–Trinajstić information content (AvgIpc) is 3.19. The molecule has 0 aliphatic carbocycles. The first-order valence-electron chi connectivity index (χ1n) is 18.4. The number of aromatic nitrogens is 1. The molecule has 0 spiro atoms. The van der Waals surface area contributed by atoms with E-state index in [2.05, 4.69) is 53.8 Å². The van der Waals surface area contributed by atoms with Crippen molar-refractivity contribution in [2.24, 2.45) is 0 Å². The van der Waals surface area contributed by atoms with E-state index in [4.69, 9.17) is 11.6 Å². The minimum absolute atomic E-state index is 0.00891. The molecular formula is C42H42ClF3N6O3. The third kappa shape index (κ3) is 9.93. The summed E-state index contributed by atoms with van der Waals surface area (Å²) in [6.45, 7) is 4.19. The van der Waals surface area contributed by atoms with Gasteiger partial charge in [-0.1, -0.05) is 60.1 Å². The van der Waals surface area contributed by atoms with Gasteiger partial charge in [0, 0.05) is 80.1 Å². The number of carbonyl (C=O) groups is 2. The number of carbonyl (C=O) groups excluding carboxylic acids is 2. The van der Waals surface area contributed by atoms with Crippen molar-refractivity contribution >= 4 is 23.4 Å². The van der Waals surface area contributed by atoms with Crippen LogP contribution >= 0.6 is 11.6 Å². The Morgan fingerprint density at radius 2 is 1.53 bits per heavy atom. The van der Waals surface area contributed by atoms with E-state index in [0.717, 1.165) is 69.5 Å². The summed E-state index contributed by atoms with van der Waals surface area (Å²) >= 11 is 6.64. The standard InChI is InChI=1S/C42H42ClF3N6O3/c43-39-36(29-10-12-35(13-11-29)55-42(44,45)46)7-2-8-37(39)41(54)50-33-15-20-51(21-16-33)27-28-9-14-38(48-25-28)52-22-17-34(18-23-52)49-40(53)31-5-1-4-30(24-31)32-6-3-19-47-26-32/h1-14,19,24-26,33-34,38,48H,15-18,20-23,27H2,(H,49,53)(H,50,54). The molecule has 2 saturated heterocycles. The SMILES string of the molecule is O=C(NC1CCN(C2C=CC(CN3CCC(NC(=O)c4cccc(-c5ccc(OC(F)(F)F)cc5)c4Cl)CC3)=CN2)CC1)c1cccc(-c2cccnc2)c1. The second-order valence-corrected chi connectivity index (χ2v) is 14.4. The minimum Gasteiger partial charge on any atom is -0.406 e. The van der Waals surface area contributed by atoms with Gasteiger partial charge in [-0.2, -0.15) is 0 Å². The van der Waals surface area contributed by atoms with Crippen molar-refractivity contribution in [3.8, 4) is 28.0 Å². The van der Waals surface area contributed by atoms with E-state index < -0.39 is 6.36 Å². The van der Waals surface area contributed by atoms with Crippen molar-refractivity contribution in [2.45, 2.75) is 50.3 Å². The molecule has 4 aromatic rings. The maximum Gasteiger partial charge on any atom is 0.573 e. The van der Waals surface area contributed by atoms with Crippen LogP contribution in [0.1, 0.15) is 46.4 Å². The molecule has 9 nitrogen and oxygen atoms in total. The lowest BCUT2D eigenvalue weighted by molar-refractivity contribution is -0.274. The number of hydrogen-bond donors (Lipinski definition) is 3. The van der Waals surface area contributed by atoms with Crippen molar-refractivity contribution in [1.29, 1.82) is 0 Å². The molecule has 0 saturated carbocycles. The molecule has 3 aromatic carbocycles. The third-order valence-electron chi connectivity index (χ3n) is 10.3. The van der Waals surface area contributed by atoms with Crippen molar-refractivity contribution in [1.82, 2.24) is 30.7 Å². The fourth-order valence-corrected chi connectivity index (χ4v) is 7.64. The van der Waals surface area contributed by atoms with Gasteiger partial charge in [0.25, 0.3) is 11.8 Å². The molecule has 3 N–H and O–H groups in total. The summed E-state index contributed by atoms with van der Waals surface area (Å²) in [5.41, 5.74) is 5.21. The highest BCUT2D eigenvalue weighted by Gasteiger charge is 2.31. The molecule has 3 aliphatic heterocycles. The first-order chi connectivity index (χ1) is 26.6. The first-order valence-corrected chi connectivity index (χ1v) is 18.8. The van der Waals surface area contributed by atoms with Crippen LogP contribution in [0.15, 0.2) is 115 Å². The number of ether oxygens (including phenoxy) is 1. The largest absolute Gasteiger partial charge is 0.573 e. The minimum atomic E-state index is -4.78. The van der Waals surface area contributed by atoms with Gasteiger partial charge in [0.2, 0.25) is 0 Å². The van der Waals surface area contributed by atoms with Crippen LogP contribution in [0, 0.1) is 0 Å². The van der Waals surface area contributed by atoms with Crippen LogP contribution in [0.5, 0.6) is 5.75 Å². The van der Waals surface area contributed by atoms with E-state index in [1.165, 1.54) is 29.8 Å². The number of benzene rings is 3. The molecular weight excluding hydrogens is 729 g/mol. The van der Waals surface area contributed by atoms with E-state index in [9.17, 15) is 22.8 Å². The summed E-state index contributed by atoms with van der Waals surface area (Å²) in [4.78, 5) is 35.3. The van der Waals surface area contributed by atoms with Gasteiger partial charge in [-0.25, -0.2) is 0 Å². The van der Waals surface area contributed by atoms with Gasteiger partial charge in [0.05, 0.1) is 16.8 Å². The maximum atomic E-state index is 13.3.